The molecule has 2 aliphatic rings. The first-order valence-corrected chi connectivity index (χ1v) is 9.55. The molecule has 1 aromatic heterocycles. The number of thiazole rings is 1. The number of likely N-dealkylation sites (N-methyl/N-ethyl adjacent to an activating group) is 1. The Labute approximate surface area is 151 Å². The molecule has 2 saturated heterocycles. The van der Waals surface area contributed by atoms with Crippen molar-refractivity contribution in [2.75, 3.05) is 20.1 Å². The number of nitrogens with zero attached hydrogens (tertiary/aromatic N) is 3. The molecule has 0 bridgehead atoms. The summed E-state index contributed by atoms with van der Waals surface area (Å²) in [5.74, 6) is 0.398. The van der Waals surface area contributed by atoms with Crippen LogP contribution in [0.25, 0.3) is 0 Å². The number of rotatable bonds is 2. The van der Waals surface area contributed by atoms with E-state index in [0.717, 1.165) is 12.8 Å². The molecule has 0 radical (unpaired) electrons. The van der Waals surface area contributed by atoms with E-state index in [4.69, 9.17) is 0 Å². The minimum absolute atomic E-state index is 0.000613. The van der Waals surface area contributed by atoms with Crippen LogP contribution in [0, 0.1) is 0 Å². The summed E-state index contributed by atoms with van der Waals surface area (Å²) < 4.78 is 0. The van der Waals surface area contributed by atoms with Gasteiger partial charge in [-0.1, -0.05) is 30.3 Å². The number of amides is 2. The molecule has 0 N–H and O–H groups in total. The van der Waals surface area contributed by atoms with Crippen molar-refractivity contribution in [3.63, 3.8) is 0 Å². The zero-order chi connectivity index (χ0) is 17.4. The second-order valence-electron chi connectivity index (χ2n) is 6.89. The van der Waals surface area contributed by atoms with Crippen molar-refractivity contribution in [3.05, 3.63) is 52.5 Å². The van der Waals surface area contributed by atoms with Crippen molar-refractivity contribution in [2.24, 2.45) is 0 Å². The predicted octanol–water partition coefficient (Wildman–Crippen LogP) is 2.76. The Morgan fingerprint density at radius 2 is 1.96 bits per heavy atom. The minimum atomic E-state index is -0.183. The third-order valence-corrected chi connectivity index (χ3v) is 6.43. The van der Waals surface area contributed by atoms with E-state index in [1.165, 1.54) is 16.9 Å². The first kappa shape index (κ1) is 16.3. The standard InChI is InChI=1S/C19H21N3O2S/c1-21-17(23)11-15(14-5-3-2-4-6-14)19(21)7-9-22(10-8-19)18(24)16-12-25-13-20-16/h2-6,12-13,15H,7-11H2,1H3/t15-/m1/s1. The lowest BCUT2D eigenvalue weighted by atomic mass is 9.73. The number of hydrogen-bond acceptors (Lipinski definition) is 4. The molecule has 0 aliphatic carbocycles. The summed E-state index contributed by atoms with van der Waals surface area (Å²) in [5.41, 5.74) is 3.25. The number of aromatic nitrogens is 1. The van der Waals surface area contributed by atoms with Gasteiger partial charge in [0.05, 0.1) is 11.0 Å². The van der Waals surface area contributed by atoms with Gasteiger partial charge in [-0.2, -0.15) is 0 Å². The molecule has 1 aromatic carbocycles. The third kappa shape index (κ3) is 2.65. The van der Waals surface area contributed by atoms with Gasteiger partial charge in [0.1, 0.15) is 5.69 Å². The molecular weight excluding hydrogens is 334 g/mol. The SMILES string of the molecule is CN1C(=O)C[C@H](c2ccccc2)C12CCN(C(=O)c1cscn1)CC2. The van der Waals surface area contributed by atoms with Crippen LogP contribution < -0.4 is 0 Å². The minimum Gasteiger partial charge on any atom is -0.339 e. The van der Waals surface area contributed by atoms with E-state index in [1.54, 1.807) is 10.9 Å². The normalized spacial score (nSPS) is 22.6. The fourth-order valence-electron chi connectivity index (χ4n) is 4.36. The van der Waals surface area contributed by atoms with Crippen LogP contribution in [-0.4, -0.2) is 52.3 Å². The Hall–Kier alpha value is -2.21. The molecule has 25 heavy (non-hydrogen) atoms. The Kier molecular flexibility index (Phi) is 4.07. The van der Waals surface area contributed by atoms with Gasteiger partial charge in [-0.25, -0.2) is 4.98 Å². The topological polar surface area (TPSA) is 53.5 Å². The van der Waals surface area contributed by atoms with Crippen LogP contribution in [-0.2, 0) is 4.79 Å². The zero-order valence-electron chi connectivity index (χ0n) is 14.2. The van der Waals surface area contributed by atoms with E-state index < -0.39 is 0 Å². The first-order chi connectivity index (χ1) is 12.1. The third-order valence-electron chi connectivity index (χ3n) is 5.84. The number of carbonyl (C=O) groups excluding carboxylic acids is 2. The number of piperidine rings is 1. The van der Waals surface area contributed by atoms with Crippen LogP contribution >= 0.6 is 11.3 Å². The van der Waals surface area contributed by atoms with E-state index in [0.29, 0.717) is 25.2 Å². The molecule has 3 heterocycles. The summed E-state index contributed by atoms with van der Waals surface area (Å²) in [6.07, 6.45) is 2.18. The van der Waals surface area contributed by atoms with Crippen molar-refractivity contribution in [1.29, 1.82) is 0 Å². The first-order valence-electron chi connectivity index (χ1n) is 8.61. The van der Waals surface area contributed by atoms with E-state index in [9.17, 15) is 9.59 Å². The van der Waals surface area contributed by atoms with Gasteiger partial charge in [0.25, 0.3) is 5.91 Å². The van der Waals surface area contributed by atoms with Crippen LogP contribution in [0.4, 0.5) is 0 Å². The number of likely N-dealkylation sites (tertiary alicyclic amines) is 2. The van der Waals surface area contributed by atoms with Crippen molar-refractivity contribution in [3.8, 4) is 0 Å². The van der Waals surface area contributed by atoms with Crippen LogP contribution in [0.15, 0.2) is 41.2 Å². The molecular formula is C19H21N3O2S. The molecule has 6 heteroatoms. The summed E-state index contributed by atoms with van der Waals surface area (Å²) in [6.45, 7) is 1.33. The van der Waals surface area contributed by atoms with Crippen molar-refractivity contribution in [1.82, 2.24) is 14.8 Å². The van der Waals surface area contributed by atoms with Crippen LogP contribution in [0.5, 0.6) is 0 Å². The number of benzene rings is 1. The molecule has 5 nitrogen and oxygen atoms in total. The molecule has 2 amide bonds. The van der Waals surface area contributed by atoms with Crippen LogP contribution in [0.3, 0.4) is 0 Å². The van der Waals surface area contributed by atoms with Gasteiger partial charge < -0.3 is 9.80 Å². The second kappa shape index (κ2) is 6.26. The van der Waals surface area contributed by atoms with Gasteiger partial charge in [0.2, 0.25) is 5.91 Å². The lowest BCUT2D eigenvalue weighted by Gasteiger charge is -2.46. The summed E-state index contributed by atoms with van der Waals surface area (Å²) in [5, 5.41) is 1.80. The summed E-state index contributed by atoms with van der Waals surface area (Å²) in [6, 6.07) is 10.3. The number of carbonyl (C=O) groups is 2. The molecule has 0 unspecified atom stereocenters. The Balaban J connectivity index is 1.57. The highest BCUT2D eigenvalue weighted by Gasteiger charge is 2.52. The summed E-state index contributed by atoms with van der Waals surface area (Å²) >= 11 is 1.44. The molecule has 2 aromatic rings. The molecule has 2 aliphatic heterocycles. The van der Waals surface area contributed by atoms with Crippen LogP contribution in [0.1, 0.15) is 41.2 Å². The van der Waals surface area contributed by atoms with Gasteiger partial charge in [-0.05, 0) is 18.4 Å². The van der Waals surface area contributed by atoms with Crippen molar-refractivity contribution < 1.29 is 9.59 Å². The molecule has 1 atom stereocenters. The second-order valence-corrected chi connectivity index (χ2v) is 7.61. The summed E-state index contributed by atoms with van der Waals surface area (Å²) in [7, 11) is 1.92. The van der Waals surface area contributed by atoms with Gasteiger partial charge in [0, 0.05) is 37.9 Å². The largest absolute Gasteiger partial charge is 0.339 e. The molecule has 1 spiro atoms. The lowest BCUT2D eigenvalue weighted by molar-refractivity contribution is -0.130. The van der Waals surface area contributed by atoms with Gasteiger partial charge in [-0.15, -0.1) is 11.3 Å². The van der Waals surface area contributed by atoms with Gasteiger partial charge in [-0.3, -0.25) is 9.59 Å². The zero-order valence-corrected chi connectivity index (χ0v) is 15.0. The maximum atomic E-state index is 12.6. The summed E-state index contributed by atoms with van der Waals surface area (Å²) in [4.78, 5) is 33.0. The van der Waals surface area contributed by atoms with Gasteiger partial charge >= 0.3 is 0 Å². The Morgan fingerprint density at radius 3 is 2.60 bits per heavy atom. The van der Waals surface area contributed by atoms with Crippen molar-refractivity contribution >= 4 is 23.2 Å². The quantitative estimate of drug-likeness (QED) is 0.832. The van der Waals surface area contributed by atoms with Gasteiger partial charge in [0.15, 0.2) is 0 Å². The Morgan fingerprint density at radius 1 is 1.24 bits per heavy atom. The van der Waals surface area contributed by atoms with Crippen LogP contribution in [0.2, 0.25) is 0 Å². The molecule has 2 fully saturated rings. The molecule has 0 saturated carbocycles. The smallest absolute Gasteiger partial charge is 0.273 e. The molecule has 130 valence electrons. The van der Waals surface area contributed by atoms with E-state index >= 15 is 0 Å². The highest BCUT2D eigenvalue weighted by atomic mass is 32.1. The average Bonchev–Trinajstić information content (AvgIpc) is 3.27. The van der Waals surface area contributed by atoms with E-state index in [-0.39, 0.29) is 23.3 Å². The maximum absolute atomic E-state index is 12.6. The Bertz CT molecular complexity index is 767. The average molecular weight is 355 g/mol. The monoisotopic (exact) mass is 355 g/mol. The number of hydrogen-bond donors (Lipinski definition) is 0. The maximum Gasteiger partial charge on any atom is 0.273 e. The highest BCUT2D eigenvalue weighted by molar-refractivity contribution is 7.07. The van der Waals surface area contributed by atoms with E-state index in [2.05, 4.69) is 17.1 Å². The predicted molar refractivity (Wildman–Crippen MR) is 96.6 cm³/mol. The van der Waals surface area contributed by atoms with E-state index in [1.807, 2.05) is 35.0 Å². The molecule has 4 rings (SSSR count). The fraction of sp³-hybridized carbons (Fsp3) is 0.421. The lowest BCUT2D eigenvalue weighted by Crippen LogP contribution is -2.55. The van der Waals surface area contributed by atoms with Crippen molar-refractivity contribution in [2.45, 2.75) is 30.7 Å². The fourth-order valence-corrected chi connectivity index (χ4v) is 4.88. The highest BCUT2D eigenvalue weighted by Crippen LogP contribution is 2.48.